The van der Waals surface area contributed by atoms with Gasteiger partial charge in [-0.15, -0.1) is 0 Å². The summed E-state index contributed by atoms with van der Waals surface area (Å²) in [6.07, 6.45) is 0.565. The molecule has 2 atom stereocenters. The van der Waals surface area contributed by atoms with E-state index in [-0.39, 0.29) is 24.8 Å². The predicted molar refractivity (Wildman–Crippen MR) is 79.0 cm³/mol. The molecule has 0 fully saturated rings. The van der Waals surface area contributed by atoms with Crippen molar-refractivity contribution in [1.29, 1.82) is 0 Å². The molecule has 3 N–H and O–H groups in total. The zero-order valence-electron chi connectivity index (χ0n) is 12.3. The highest BCUT2D eigenvalue weighted by molar-refractivity contribution is 5.74. The van der Waals surface area contributed by atoms with Gasteiger partial charge in [-0.3, -0.25) is 0 Å². The van der Waals surface area contributed by atoms with E-state index in [1.165, 1.54) is 0 Å². The normalized spacial score (nSPS) is 13.4. The fourth-order valence-electron chi connectivity index (χ4n) is 1.70. The van der Waals surface area contributed by atoms with Gasteiger partial charge < -0.3 is 20.5 Å². The number of aliphatic hydroxyl groups is 1. The molecule has 0 saturated carbocycles. The highest BCUT2D eigenvalue weighted by Gasteiger charge is 2.11. The number of nitrogens with one attached hydrogen (secondary N) is 2. The summed E-state index contributed by atoms with van der Waals surface area (Å²) in [6, 6.07) is 7.27. The topological polar surface area (TPSA) is 70.6 Å². The largest absolute Gasteiger partial charge is 0.489 e. The molecule has 1 rings (SSSR count). The van der Waals surface area contributed by atoms with E-state index in [0.29, 0.717) is 13.0 Å². The summed E-state index contributed by atoms with van der Waals surface area (Å²) in [4.78, 5) is 11.6. The quantitative estimate of drug-likeness (QED) is 0.713. The molecule has 0 radical (unpaired) electrons. The summed E-state index contributed by atoms with van der Waals surface area (Å²) in [7, 11) is 0. The summed E-state index contributed by atoms with van der Waals surface area (Å²) >= 11 is 0. The molecule has 20 heavy (non-hydrogen) atoms. The maximum atomic E-state index is 11.6. The van der Waals surface area contributed by atoms with Crippen LogP contribution in [0.3, 0.4) is 0 Å². The van der Waals surface area contributed by atoms with Gasteiger partial charge in [-0.05, 0) is 31.9 Å². The minimum absolute atomic E-state index is 0.0564. The van der Waals surface area contributed by atoms with Crippen LogP contribution in [-0.4, -0.2) is 36.4 Å². The van der Waals surface area contributed by atoms with Gasteiger partial charge in [-0.1, -0.05) is 25.1 Å². The second-order valence-corrected chi connectivity index (χ2v) is 4.84. The Labute approximate surface area is 120 Å². The Bertz CT molecular complexity index is 419. The number of aryl methyl sites for hydroxylation is 1. The molecular weight excluding hydrogens is 256 g/mol. The van der Waals surface area contributed by atoms with Crippen LogP contribution in [0.2, 0.25) is 0 Å². The summed E-state index contributed by atoms with van der Waals surface area (Å²) in [6.45, 7) is 6.14. The second kappa shape index (κ2) is 8.43. The monoisotopic (exact) mass is 280 g/mol. The number of ether oxygens (including phenoxy) is 1. The molecule has 5 nitrogen and oxygen atoms in total. The average molecular weight is 280 g/mol. The number of benzene rings is 1. The number of hydrogen-bond donors (Lipinski definition) is 3. The Morgan fingerprint density at radius 1 is 1.40 bits per heavy atom. The van der Waals surface area contributed by atoms with E-state index in [1.54, 1.807) is 0 Å². The first kappa shape index (κ1) is 16.3. The predicted octanol–water partition coefficient (Wildman–Crippen LogP) is 1.83. The molecular formula is C15H24N2O3. The Hall–Kier alpha value is -1.75. The lowest BCUT2D eigenvalue weighted by Crippen LogP contribution is -2.46. The minimum atomic E-state index is -0.286. The van der Waals surface area contributed by atoms with Crippen molar-refractivity contribution < 1.29 is 14.6 Å². The summed E-state index contributed by atoms with van der Waals surface area (Å²) in [5, 5.41) is 14.4. The third kappa shape index (κ3) is 5.48. The number of carbonyl (C=O) groups is 1. The average Bonchev–Trinajstić information content (AvgIpc) is 2.45. The lowest BCUT2D eigenvalue weighted by Gasteiger charge is -2.19. The van der Waals surface area contributed by atoms with Crippen molar-refractivity contribution in [1.82, 2.24) is 10.6 Å². The van der Waals surface area contributed by atoms with E-state index in [1.807, 2.05) is 45.0 Å². The first-order chi connectivity index (χ1) is 9.56. The SMILES string of the molecule is CCC(CO)NC(=O)NCC(C)Oc1ccccc1C. The number of para-hydroxylation sites is 1. The van der Waals surface area contributed by atoms with Gasteiger partial charge >= 0.3 is 6.03 Å². The Kier molecular flexibility index (Phi) is 6.87. The number of urea groups is 1. The number of rotatable bonds is 7. The van der Waals surface area contributed by atoms with Gasteiger partial charge in [0.15, 0.2) is 0 Å². The Balaban J connectivity index is 2.34. The number of carbonyl (C=O) groups excluding carboxylic acids is 1. The third-order valence-corrected chi connectivity index (χ3v) is 3.02. The lowest BCUT2D eigenvalue weighted by molar-refractivity contribution is 0.197. The first-order valence-electron chi connectivity index (χ1n) is 6.94. The molecule has 0 bridgehead atoms. The molecule has 0 aliphatic heterocycles. The molecule has 0 heterocycles. The van der Waals surface area contributed by atoms with Gasteiger partial charge in [-0.2, -0.15) is 0 Å². The van der Waals surface area contributed by atoms with Crippen LogP contribution in [0.1, 0.15) is 25.8 Å². The van der Waals surface area contributed by atoms with E-state index in [2.05, 4.69) is 10.6 Å². The van der Waals surface area contributed by atoms with Crippen molar-refractivity contribution in [2.24, 2.45) is 0 Å². The maximum absolute atomic E-state index is 11.6. The summed E-state index contributed by atoms with van der Waals surface area (Å²) in [5.74, 6) is 0.823. The number of hydrogen-bond acceptors (Lipinski definition) is 3. The van der Waals surface area contributed by atoms with Gasteiger partial charge in [0.25, 0.3) is 0 Å². The van der Waals surface area contributed by atoms with E-state index < -0.39 is 0 Å². The van der Waals surface area contributed by atoms with Crippen LogP contribution in [0.25, 0.3) is 0 Å². The maximum Gasteiger partial charge on any atom is 0.315 e. The number of aliphatic hydroxyl groups excluding tert-OH is 1. The third-order valence-electron chi connectivity index (χ3n) is 3.02. The summed E-state index contributed by atoms with van der Waals surface area (Å²) in [5.41, 5.74) is 1.06. The fraction of sp³-hybridized carbons (Fsp3) is 0.533. The van der Waals surface area contributed by atoms with E-state index in [0.717, 1.165) is 11.3 Å². The van der Waals surface area contributed by atoms with Crippen LogP contribution in [0.15, 0.2) is 24.3 Å². The molecule has 1 aromatic carbocycles. The summed E-state index contributed by atoms with van der Waals surface area (Å²) < 4.78 is 5.76. The van der Waals surface area contributed by atoms with Gasteiger partial charge in [0, 0.05) is 0 Å². The number of amides is 2. The van der Waals surface area contributed by atoms with Crippen molar-refractivity contribution in [3.63, 3.8) is 0 Å². The molecule has 0 saturated heterocycles. The first-order valence-corrected chi connectivity index (χ1v) is 6.94. The minimum Gasteiger partial charge on any atom is -0.489 e. The highest BCUT2D eigenvalue weighted by Crippen LogP contribution is 2.17. The van der Waals surface area contributed by atoms with Crippen molar-refractivity contribution in [3.05, 3.63) is 29.8 Å². The molecule has 2 unspecified atom stereocenters. The van der Waals surface area contributed by atoms with Crippen molar-refractivity contribution in [2.75, 3.05) is 13.2 Å². The van der Waals surface area contributed by atoms with Crippen molar-refractivity contribution in [3.8, 4) is 5.75 Å². The van der Waals surface area contributed by atoms with Crippen molar-refractivity contribution in [2.45, 2.75) is 39.3 Å². The molecule has 2 amide bonds. The smallest absolute Gasteiger partial charge is 0.315 e. The molecule has 5 heteroatoms. The second-order valence-electron chi connectivity index (χ2n) is 4.84. The Morgan fingerprint density at radius 3 is 2.70 bits per heavy atom. The molecule has 112 valence electrons. The van der Waals surface area contributed by atoms with Crippen LogP contribution < -0.4 is 15.4 Å². The zero-order valence-corrected chi connectivity index (χ0v) is 12.3. The van der Waals surface area contributed by atoms with Crippen LogP contribution in [-0.2, 0) is 0 Å². The van der Waals surface area contributed by atoms with Crippen LogP contribution >= 0.6 is 0 Å². The van der Waals surface area contributed by atoms with Gasteiger partial charge in [0.2, 0.25) is 0 Å². The molecule has 0 aliphatic rings. The van der Waals surface area contributed by atoms with Crippen LogP contribution in [0.4, 0.5) is 4.79 Å². The zero-order chi connectivity index (χ0) is 15.0. The highest BCUT2D eigenvalue weighted by atomic mass is 16.5. The van der Waals surface area contributed by atoms with Gasteiger partial charge in [-0.25, -0.2) is 4.79 Å². The fourth-order valence-corrected chi connectivity index (χ4v) is 1.70. The van der Waals surface area contributed by atoms with E-state index in [4.69, 9.17) is 9.84 Å². The van der Waals surface area contributed by atoms with Crippen LogP contribution in [0.5, 0.6) is 5.75 Å². The standard InChI is InChI=1S/C15H24N2O3/c1-4-13(10-18)17-15(19)16-9-12(3)20-14-8-6-5-7-11(14)2/h5-8,12-13,18H,4,9-10H2,1-3H3,(H2,16,17,19). The molecule has 1 aromatic rings. The molecule has 0 aliphatic carbocycles. The Morgan fingerprint density at radius 2 is 2.10 bits per heavy atom. The van der Waals surface area contributed by atoms with Gasteiger partial charge in [0.1, 0.15) is 11.9 Å². The van der Waals surface area contributed by atoms with E-state index >= 15 is 0 Å². The van der Waals surface area contributed by atoms with Crippen LogP contribution in [0, 0.1) is 6.92 Å². The lowest BCUT2D eigenvalue weighted by atomic mass is 10.2. The van der Waals surface area contributed by atoms with Crippen molar-refractivity contribution >= 4 is 6.03 Å². The van der Waals surface area contributed by atoms with E-state index in [9.17, 15) is 4.79 Å². The van der Waals surface area contributed by atoms with Gasteiger partial charge in [0.05, 0.1) is 19.2 Å². The molecule has 0 spiro atoms. The molecule has 0 aromatic heterocycles.